The van der Waals surface area contributed by atoms with E-state index in [0.717, 1.165) is 11.3 Å². The van der Waals surface area contributed by atoms with E-state index in [0.29, 0.717) is 11.4 Å². The van der Waals surface area contributed by atoms with Gasteiger partial charge in [-0.3, -0.25) is 9.48 Å². The highest BCUT2D eigenvalue weighted by molar-refractivity contribution is 5.98. The number of nitrogens with zero attached hydrogens (tertiary/aromatic N) is 2. The van der Waals surface area contributed by atoms with Gasteiger partial charge in [0.25, 0.3) is 5.91 Å². The molecule has 0 saturated heterocycles. The second-order valence-corrected chi connectivity index (χ2v) is 5.73. The van der Waals surface area contributed by atoms with E-state index in [1.165, 1.54) is 19.1 Å². The molecule has 0 aliphatic carbocycles. The molecule has 0 aliphatic heterocycles. The van der Waals surface area contributed by atoms with Gasteiger partial charge in [-0.2, -0.15) is 5.10 Å². The van der Waals surface area contributed by atoms with Gasteiger partial charge in [-0.1, -0.05) is 6.07 Å². The van der Waals surface area contributed by atoms with Gasteiger partial charge in [-0.15, -0.1) is 0 Å². The molecule has 7 nitrogen and oxygen atoms in total. The summed E-state index contributed by atoms with van der Waals surface area (Å²) in [5.74, 6) is -1.39. The minimum atomic E-state index is -1.02. The van der Waals surface area contributed by atoms with Crippen LogP contribution < -0.4 is 5.32 Å². The standard InChI is InChI=1S/C17H21N3O4/c1-9-6-7-13(14(21)8-9)17(23)24-12(4)16(22)18-15-10(2)19-20(5)11(15)3/h6-8,12,21H,1-5H3,(H,18,22)/t12-/m1/s1. The van der Waals surface area contributed by atoms with E-state index >= 15 is 0 Å². The Hall–Kier alpha value is -2.83. The summed E-state index contributed by atoms with van der Waals surface area (Å²) in [6.07, 6.45) is -1.02. The van der Waals surface area contributed by atoms with E-state index in [2.05, 4.69) is 10.4 Å². The first-order valence-corrected chi connectivity index (χ1v) is 7.52. The maximum Gasteiger partial charge on any atom is 0.342 e. The highest BCUT2D eigenvalue weighted by atomic mass is 16.5. The van der Waals surface area contributed by atoms with Crippen molar-refractivity contribution in [3.63, 3.8) is 0 Å². The summed E-state index contributed by atoms with van der Waals surface area (Å²) in [4.78, 5) is 24.3. The Morgan fingerprint density at radius 3 is 2.50 bits per heavy atom. The first-order valence-electron chi connectivity index (χ1n) is 7.52. The van der Waals surface area contributed by atoms with Crippen LogP contribution >= 0.6 is 0 Å². The first kappa shape index (κ1) is 17.5. The zero-order valence-electron chi connectivity index (χ0n) is 14.4. The van der Waals surface area contributed by atoms with Crippen LogP contribution in [0.5, 0.6) is 5.75 Å². The average Bonchev–Trinajstić information content (AvgIpc) is 2.73. The van der Waals surface area contributed by atoms with Gasteiger partial charge in [0, 0.05) is 7.05 Å². The van der Waals surface area contributed by atoms with Crippen molar-refractivity contribution in [1.82, 2.24) is 9.78 Å². The minimum absolute atomic E-state index is 0.0222. The number of benzene rings is 1. The Balaban J connectivity index is 2.07. The molecule has 1 aromatic heterocycles. The SMILES string of the molecule is Cc1ccc(C(=O)O[C@H](C)C(=O)Nc2c(C)nn(C)c2C)c(O)c1. The van der Waals surface area contributed by atoms with E-state index in [1.807, 2.05) is 6.92 Å². The third-order valence-corrected chi connectivity index (χ3v) is 3.78. The number of aromatic nitrogens is 2. The van der Waals surface area contributed by atoms with Crippen LogP contribution in [0.3, 0.4) is 0 Å². The number of nitrogens with one attached hydrogen (secondary N) is 1. The Bertz CT molecular complexity index is 795. The molecule has 1 aromatic carbocycles. The van der Waals surface area contributed by atoms with Crippen molar-refractivity contribution in [3.8, 4) is 5.75 Å². The molecule has 1 heterocycles. The summed E-state index contributed by atoms with van der Waals surface area (Å²) in [7, 11) is 1.78. The van der Waals surface area contributed by atoms with Gasteiger partial charge in [0.2, 0.25) is 0 Å². The number of ether oxygens (including phenoxy) is 1. The van der Waals surface area contributed by atoms with Crippen LogP contribution in [0, 0.1) is 20.8 Å². The van der Waals surface area contributed by atoms with Crippen LogP contribution in [-0.2, 0) is 16.6 Å². The molecule has 0 saturated carbocycles. The molecule has 2 aromatic rings. The van der Waals surface area contributed by atoms with Crippen molar-refractivity contribution in [2.75, 3.05) is 5.32 Å². The lowest BCUT2D eigenvalue weighted by molar-refractivity contribution is -0.123. The molecule has 2 rings (SSSR count). The molecule has 0 bridgehead atoms. The number of rotatable bonds is 4. The fourth-order valence-electron chi connectivity index (χ4n) is 2.27. The second-order valence-electron chi connectivity index (χ2n) is 5.73. The lowest BCUT2D eigenvalue weighted by atomic mass is 10.1. The fraction of sp³-hybridized carbons (Fsp3) is 0.353. The molecule has 1 atom stereocenters. The van der Waals surface area contributed by atoms with Crippen LogP contribution in [-0.4, -0.2) is 32.9 Å². The number of amides is 1. The number of carbonyl (C=O) groups is 2. The third-order valence-electron chi connectivity index (χ3n) is 3.78. The number of phenols is 1. The molecule has 128 valence electrons. The van der Waals surface area contributed by atoms with Gasteiger partial charge in [0.05, 0.1) is 17.1 Å². The highest BCUT2D eigenvalue weighted by Crippen LogP contribution is 2.21. The number of phenolic OH excluding ortho intramolecular Hbond substituents is 1. The van der Waals surface area contributed by atoms with E-state index in [-0.39, 0.29) is 11.3 Å². The largest absolute Gasteiger partial charge is 0.507 e. The smallest absolute Gasteiger partial charge is 0.342 e. The maximum atomic E-state index is 12.2. The molecule has 0 unspecified atom stereocenters. The molecule has 0 fully saturated rings. The molecule has 0 spiro atoms. The quantitative estimate of drug-likeness (QED) is 0.838. The summed E-state index contributed by atoms with van der Waals surface area (Å²) in [5.41, 5.74) is 2.92. The van der Waals surface area contributed by atoms with E-state index < -0.39 is 18.0 Å². The Labute approximate surface area is 140 Å². The topological polar surface area (TPSA) is 93.5 Å². The van der Waals surface area contributed by atoms with Crippen molar-refractivity contribution in [1.29, 1.82) is 0 Å². The summed E-state index contributed by atoms with van der Waals surface area (Å²) in [6, 6.07) is 4.61. The van der Waals surface area contributed by atoms with Gasteiger partial charge in [0.15, 0.2) is 6.10 Å². The number of carbonyl (C=O) groups excluding carboxylic acids is 2. The van der Waals surface area contributed by atoms with Crippen LogP contribution in [0.4, 0.5) is 5.69 Å². The number of anilines is 1. The molecule has 0 aliphatic rings. The van der Waals surface area contributed by atoms with Gasteiger partial charge in [-0.25, -0.2) is 4.79 Å². The Morgan fingerprint density at radius 2 is 1.96 bits per heavy atom. The van der Waals surface area contributed by atoms with Crippen molar-refractivity contribution in [2.45, 2.75) is 33.8 Å². The van der Waals surface area contributed by atoms with Crippen LogP contribution in [0.1, 0.15) is 34.2 Å². The lowest BCUT2D eigenvalue weighted by Gasteiger charge is -2.14. The number of aryl methyl sites for hydroxylation is 3. The van der Waals surface area contributed by atoms with Crippen LogP contribution in [0.2, 0.25) is 0 Å². The maximum absolute atomic E-state index is 12.2. The summed E-state index contributed by atoms with van der Waals surface area (Å²) in [6.45, 7) is 6.88. The summed E-state index contributed by atoms with van der Waals surface area (Å²) < 4.78 is 6.80. The van der Waals surface area contributed by atoms with Crippen molar-refractivity contribution in [2.24, 2.45) is 7.05 Å². The third kappa shape index (κ3) is 3.56. The van der Waals surface area contributed by atoms with Crippen LogP contribution in [0.15, 0.2) is 18.2 Å². The number of hydrogen-bond donors (Lipinski definition) is 2. The van der Waals surface area contributed by atoms with E-state index in [9.17, 15) is 14.7 Å². The second kappa shape index (κ2) is 6.74. The molecule has 2 N–H and O–H groups in total. The summed E-state index contributed by atoms with van der Waals surface area (Å²) >= 11 is 0. The Kier molecular flexibility index (Phi) is 4.92. The molecule has 0 radical (unpaired) electrons. The number of esters is 1. The molecule has 7 heteroatoms. The Morgan fingerprint density at radius 1 is 1.29 bits per heavy atom. The molecule has 24 heavy (non-hydrogen) atoms. The molecular weight excluding hydrogens is 310 g/mol. The average molecular weight is 331 g/mol. The first-order chi connectivity index (χ1) is 11.2. The van der Waals surface area contributed by atoms with Crippen molar-refractivity contribution >= 4 is 17.6 Å². The predicted octanol–water partition coefficient (Wildman–Crippen LogP) is 2.23. The number of hydrogen-bond acceptors (Lipinski definition) is 5. The zero-order valence-corrected chi connectivity index (χ0v) is 14.4. The van der Waals surface area contributed by atoms with Crippen molar-refractivity contribution < 1.29 is 19.4 Å². The minimum Gasteiger partial charge on any atom is -0.507 e. The van der Waals surface area contributed by atoms with E-state index in [4.69, 9.17) is 4.74 Å². The number of aromatic hydroxyl groups is 1. The lowest BCUT2D eigenvalue weighted by Crippen LogP contribution is -2.30. The summed E-state index contributed by atoms with van der Waals surface area (Å²) in [5, 5.41) is 16.7. The monoisotopic (exact) mass is 331 g/mol. The van der Waals surface area contributed by atoms with E-state index in [1.54, 1.807) is 31.6 Å². The van der Waals surface area contributed by atoms with Gasteiger partial charge in [-0.05, 0) is 45.4 Å². The van der Waals surface area contributed by atoms with Gasteiger partial charge >= 0.3 is 5.97 Å². The van der Waals surface area contributed by atoms with Gasteiger partial charge < -0.3 is 15.2 Å². The van der Waals surface area contributed by atoms with Gasteiger partial charge in [0.1, 0.15) is 11.3 Å². The molecular formula is C17H21N3O4. The predicted molar refractivity (Wildman–Crippen MR) is 89.0 cm³/mol. The highest BCUT2D eigenvalue weighted by Gasteiger charge is 2.22. The van der Waals surface area contributed by atoms with Crippen molar-refractivity contribution in [3.05, 3.63) is 40.7 Å². The van der Waals surface area contributed by atoms with Crippen LogP contribution in [0.25, 0.3) is 0 Å². The zero-order chi connectivity index (χ0) is 18.0. The fourth-order valence-corrected chi connectivity index (χ4v) is 2.27. The normalized spacial score (nSPS) is 11.9. The molecule has 1 amide bonds.